The van der Waals surface area contributed by atoms with Crippen LogP contribution in [-0.2, 0) is 26.2 Å². The zero-order valence-corrected chi connectivity index (χ0v) is 23.7. The molecule has 0 aliphatic rings. The Morgan fingerprint density at radius 3 is 2.26 bits per heavy atom. The van der Waals surface area contributed by atoms with Gasteiger partial charge in [-0.25, -0.2) is 8.42 Å². The second kappa shape index (κ2) is 12.9. The minimum atomic E-state index is -4.13. The van der Waals surface area contributed by atoms with E-state index in [9.17, 15) is 18.0 Å². The maximum atomic E-state index is 14.0. The second-order valence-electron chi connectivity index (χ2n) is 9.09. The van der Waals surface area contributed by atoms with Crippen LogP contribution >= 0.6 is 11.6 Å². The van der Waals surface area contributed by atoms with Gasteiger partial charge in [0.2, 0.25) is 11.8 Å². The van der Waals surface area contributed by atoms with E-state index in [1.807, 2.05) is 52.0 Å². The quantitative estimate of drug-likeness (QED) is 0.357. The van der Waals surface area contributed by atoms with Crippen LogP contribution in [0.4, 0.5) is 5.69 Å². The Morgan fingerprint density at radius 1 is 0.947 bits per heavy atom. The van der Waals surface area contributed by atoms with Crippen molar-refractivity contribution in [3.63, 3.8) is 0 Å². The van der Waals surface area contributed by atoms with Crippen molar-refractivity contribution in [1.82, 2.24) is 10.2 Å². The molecule has 0 radical (unpaired) electrons. The van der Waals surface area contributed by atoms with Crippen molar-refractivity contribution in [3.8, 4) is 0 Å². The van der Waals surface area contributed by atoms with Gasteiger partial charge in [-0.2, -0.15) is 0 Å². The predicted molar refractivity (Wildman–Crippen MR) is 152 cm³/mol. The Bertz CT molecular complexity index is 1380. The summed E-state index contributed by atoms with van der Waals surface area (Å²) >= 11 is 6.35. The first-order valence-electron chi connectivity index (χ1n) is 12.5. The van der Waals surface area contributed by atoms with Crippen LogP contribution in [0.25, 0.3) is 0 Å². The minimum absolute atomic E-state index is 0.0468. The Balaban J connectivity index is 2.07. The lowest BCUT2D eigenvalue weighted by atomic mass is 10.1. The van der Waals surface area contributed by atoms with Gasteiger partial charge < -0.3 is 10.2 Å². The summed E-state index contributed by atoms with van der Waals surface area (Å²) in [6.45, 7) is 7.48. The van der Waals surface area contributed by atoms with Crippen molar-refractivity contribution in [2.45, 2.75) is 51.6 Å². The summed E-state index contributed by atoms with van der Waals surface area (Å²) in [5.41, 5.74) is 2.90. The molecule has 3 rings (SSSR count). The fourth-order valence-corrected chi connectivity index (χ4v) is 5.81. The number of nitrogens with one attached hydrogen (secondary N) is 1. The number of aryl methyl sites for hydroxylation is 2. The van der Waals surface area contributed by atoms with E-state index in [1.165, 1.54) is 23.1 Å². The fourth-order valence-electron chi connectivity index (χ4n) is 4.20. The molecule has 9 heteroatoms. The molecule has 0 bridgehead atoms. The first-order valence-corrected chi connectivity index (χ1v) is 14.4. The number of carbonyl (C=O) groups is 2. The van der Waals surface area contributed by atoms with Crippen molar-refractivity contribution >= 4 is 39.1 Å². The third kappa shape index (κ3) is 6.94. The van der Waals surface area contributed by atoms with E-state index < -0.39 is 28.5 Å². The van der Waals surface area contributed by atoms with Gasteiger partial charge >= 0.3 is 0 Å². The van der Waals surface area contributed by atoms with E-state index in [1.54, 1.807) is 30.3 Å². The number of nitrogens with zero attached hydrogens (tertiary/aromatic N) is 2. The predicted octanol–water partition coefficient (Wildman–Crippen LogP) is 5.10. The number of carbonyl (C=O) groups excluding carboxylic acids is 2. The smallest absolute Gasteiger partial charge is 0.264 e. The molecule has 0 heterocycles. The number of amides is 2. The molecule has 202 valence electrons. The maximum absolute atomic E-state index is 14.0. The Morgan fingerprint density at radius 2 is 1.66 bits per heavy atom. The van der Waals surface area contributed by atoms with Gasteiger partial charge in [0, 0.05) is 18.1 Å². The van der Waals surface area contributed by atoms with Crippen molar-refractivity contribution in [2.75, 3.05) is 17.4 Å². The molecule has 38 heavy (non-hydrogen) atoms. The van der Waals surface area contributed by atoms with Gasteiger partial charge in [-0.15, -0.1) is 0 Å². The molecule has 0 aliphatic carbocycles. The van der Waals surface area contributed by atoms with Crippen molar-refractivity contribution in [3.05, 3.63) is 94.5 Å². The maximum Gasteiger partial charge on any atom is 0.264 e. The van der Waals surface area contributed by atoms with Gasteiger partial charge in [0.25, 0.3) is 10.0 Å². The number of anilines is 1. The van der Waals surface area contributed by atoms with Crippen LogP contribution in [-0.4, -0.2) is 44.3 Å². The van der Waals surface area contributed by atoms with Crippen LogP contribution in [0.1, 0.15) is 37.0 Å². The molecule has 7 nitrogen and oxygen atoms in total. The van der Waals surface area contributed by atoms with Crippen LogP contribution in [0.2, 0.25) is 5.02 Å². The Kier molecular flexibility index (Phi) is 9.94. The van der Waals surface area contributed by atoms with Gasteiger partial charge in [-0.05, 0) is 62.6 Å². The number of sulfonamides is 1. The second-order valence-corrected chi connectivity index (χ2v) is 11.4. The molecule has 2 amide bonds. The highest BCUT2D eigenvalue weighted by Crippen LogP contribution is 2.28. The van der Waals surface area contributed by atoms with Crippen molar-refractivity contribution in [1.29, 1.82) is 0 Å². The molecule has 0 fully saturated rings. The van der Waals surface area contributed by atoms with Gasteiger partial charge in [-0.1, -0.05) is 72.6 Å². The van der Waals surface area contributed by atoms with Gasteiger partial charge in [0.05, 0.1) is 10.6 Å². The van der Waals surface area contributed by atoms with E-state index in [-0.39, 0.29) is 23.0 Å². The average Bonchev–Trinajstić information content (AvgIpc) is 2.89. The van der Waals surface area contributed by atoms with E-state index in [0.29, 0.717) is 18.0 Å². The number of hydrogen-bond donors (Lipinski definition) is 1. The highest BCUT2D eigenvalue weighted by atomic mass is 35.5. The third-order valence-electron chi connectivity index (χ3n) is 6.23. The highest BCUT2D eigenvalue weighted by molar-refractivity contribution is 7.92. The normalized spacial score (nSPS) is 12.0. The fraction of sp³-hybridized carbons (Fsp3) is 0.310. The van der Waals surface area contributed by atoms with Crippen LogP contribution in [0.15, 0.2) is 77.7 Å². The van der Waals surface area contributed by atoms with Gasteiger partial charge in [-0.3, -0.25) is 13.9 Å². The summed E-state index contributed by atoms with van der Waals surface area (Å²) in [6, 6.07) is 19.7. The molecule has 1 N–H and O–H groups in total. The first-order chi connectivity index (χ1) is 18.1. The molecule has 0 spiro atoms. The number of hydrogen-bond acceptors (Lipinski definition) is 4. The van der Waals surface area contributed by atoms with Crippen LogP contribution in [0, 0.1) is 13.8 Å². The Hall–Kier alpha value is -3.36. The molecule has 0 saturated heterocycles. The monoisotopic (exact) mass is 555 g/mol. The first kappa shape index (κ1) is 29.2. The molecule has 0 aromatic heterocycles. The summed E-state index contributed by atoms with van der Waals surface area (Å²) in [4.78, 5) is 28.4. The summed E-state index contributed by atoms with van der Waals surface area (Å²) in [7, 11) is -4.13. The molecule has 3 aromatic carbocycles. The van der Waals surface area contributed by atoms with E-state index in [4.69, 9.17) is 11.6 Å². The minimum Gasteiger partial charge on any atom is -0.355 e. The topological polar surface area (TPSA) is 86.8 Å². The molecule has 0 aliphatic heterocycles. The lowest BCUT2D eigenvalue weighted by molar-refractivity contribution is -0.140. The molecule has 0 saturated carbocycles. The summed E-state index contributed by atoms with van der Waals surface area (Å²) in [5.74, 6) is -0.785. The number of rotatable bonds is 11. The van der Waals surface area contributed by atoms with Gasteiger partial charge in [0.15, 0.2) is 0 Å². The van der Waals surface area contributed by atoms with E-state index in [2.05, 4.69) is 5.32 Å². The van der Waals surface area contributed by atoms with E-state index in [0.717, 1.165) is 21.0 Å². The summed E-state index contributed by atoms with van der Waals surface area (Å²) < 4.78 is 28.7. The average molecular weight is 556 g/mol. The van der Waals surface area contributed by atoms with Gasteiger partial charge in [0.1, 0.15) is 12.6 Å². The number of benzene rings is 3. The largest absolute Gasteiger partial charge is 0.355 e. The highest BCUT2D eigenvalue weighted by Gasteiger charge is 2.33. The van der Waals surface area contributed by atoms with E-state index >= 15 is 0 Å². The summed E-state index contributed by atoms with van der Waals surface area (Å²) in [5, 5.41) is 3.18. The molecular formula is C29H34ClN3O4S. The molecule has 3 aromatic rings. The number of likely N-dealkylation sites (N-methyl/N-ethyl adjacent to an activating group) is 1. The zero-order valence-electron chi connectivity index (χ0n) is 22.1. The standard InChI is InChI=1S/C29H34ClN3O4S/c1-5-27(29(35)31-6-2)32(19-23-12-10-11-21(3)17-23)28(34)20-33(24-16-15-22(4)26(30)18-24)38(36,37)25-13-8-7-9-14-25/h7-18,27H,5-6,19-20H2,1-4H3,(H,31,35)/t27-/m0/s1. The lowest BCUT2D eigenvalue weighted by Crippen LogP contribution is -2.52. The van der Waals surface area contributed by atoms with Crippen molar-refractivity contribution < 1.29 is 18.0 Å². The summed E-state index contributed by atoms with van der Waals surface area (Å²) in [6.07, 6.45) is 0.366. The number of halogens is 1. The molecule has 1 atom stereocenters. The zero-order chi connectivity index (χ0) is 27.9. The lowest BCUT2D eigenvalue weighted by Gasteiger charge is -2.33. The molecular weight excluding hydrogens is 522 g/mol. The van der Waals surface area contributed by atoms with Crippen LogP contribution < -0.4 is 9.62 Å². The third-order valence-corrected chi connectivity index (χ3v) is 8.42. The Labute approximate surface area is 230 Å². The van der Waals surface area contributed by atoms with Crippen molar-refractivity contribution in [2.24, 2.45) is 0 Å². The molecule has 0 unspecified atom stereocenters. The SMILES string of the molecule is CCNC(=O)[C@H](CC)N(Cc1cccc(C)c1)C(=O)CN(c1ccc(C)c(Cl)c1)S(=O)(=O)c1ccccc1. The van der Waals surface area contributed by atoms with Crippen LogP contribution in [0.5, 0.6) is 0 Å². The van der Waals surface area contributed by atoms with Crippen LogP contribution in [0.3, 0.4) is 0 Å².